The molecule has 0 radical (unpaired) electrons. The number of hydrogen-bond donors (Lipinski definition) is 1. The van der Waals surface area contributed by atoms with Crippen molar-refractivity contribution in [2.24, 2.45) is 0 Å². The summed E-state index contributed by atoms with van der Waals surface area (Å²) >= 11 is 1.38. The van der Waals surface area contributed by atoms with Gasteiger partial charge in [0.25, 0.3) is 5.56 Å². The molecule has 164 valence electrons. The van der Waals surface area contributed by atoms with Gasteiger partial charge in [-0.25, -0.2) is 4.98 Å². The van der Waals surface area contributed by atoms with Crippen LogP contribution in [0.5, 0.6) is 5.75 Å². The van der Waals surface area contributed by atoms with E-state index in [4.69, 9.17) is 0 Å². The second-order valence-electron chi connectivity index (χ2n) is 7.04. The van der Waals surface area contributed by atoms with Gasteiger partial charge < -0.3 is 10.1 Å². The van der Waals surface area contributed by atoms with Crippen LogP contribution in [0.25, 0.3) is 10.2 Å². The first-order valence-corrected chi connectivity index (χ1v) is 10.7. The van der Waals surface area contributed by atoms with Crippen LogP contribution < -0.4 is 15.6 Å². The van der Waals surface area contributed by atoms with Gasteiger partial charge >= 0.3 is 6.61 Å². The van der Waals surface area contributed by atoms with Crippen molar-refractivity contribution < 1.29 is 18.3 Å². The lowest BCUT2D eigenvalue weighted by molar-refractivity contribution is -0.116. The number of nitrogens with one attached hydrogen (secondary N) is 1. The fourth-order valence-electron chi connectivity index (χ4n) is 3.32. The van der Waals surface area contributed by atoms with E-state index in [0.717, 1.165) is 5.56 Å². The maximum Gasteiger partial charge on any atom is 0.387 e. The number of hydrogen-bond acceptors (Lipinski definition) is 5. The summed E-state index contributed by atoms with van der Waals surface area (Å²) in [5.74, 6) is -0.251. The van der Waals surface area contributed by atoms with Crippen LogP contribution in [0.2, 0.25) is 0 Å². The van der Waals surface area contributed by atoms with Crippen molar-refractivity contribution in [2.45, 2.75) is 26.0 Å². The van der Waals surface area contributed by atoms with Crippen LogP contribution in [-0.2, 0) is 17.8 Å². The molecule has 0 atom stereocenters. The SMILES string of the molecule is O=C(CCn1cnc2sccc2c1=O)Nc1ccc(OC(F)F)c(Cc2ccccc2)c1. The van der Waals surface area contributed by atoms with E-state index in [0.29, 0.717) is 27.9 Å². The van der Waals surface area contributed by atoms with Gasteiger partial charge in [-0.15, -0.1) is 11.3 Å². The Kier molecular flexibility index (Phi) is 6.55. The zero-order valence-corrected chi connectivity index (χ0v) is 17.6. The number of anilines is 1. The standard InChI is InChI=1S/C23H19F2N3O3S/c24-23(25)31-19-7-6-17(13-16(19)12-15-4-2-1-3-5-15)27-20(29)8-10-28-14-26-21-18(22(28)30)9-11-32-21/h1-7,9,11,13-14,23H,8,10,12H2,(H,27,29). The number of thiophene rings is 1. The monoisotopic (exact) mass is 455 g/mol. The lowest BCUT2D eigenvalue weighted by Crippen LogP contribution is -2.23. The van der Waals surface area contributed by atoms with Crippen molar-refractivity contribution >= 4 is 33.1 Å². The Morgan fingerprint density at radius 3 is 2.75 bits per heavy atom. The van der Waals surface area contributed by atoms with Crippen LogP contribution in [0.15, 0.2) is 71.1 Å². The molecule has 1 N–H and O–H groups in total. The third-order valence-electron chi connectivity index (χ3n) is 4.83. The summed E-state index contributed by atoms with van der Waals surface area (Å²) in [6.07, 6.45) is 1.86. The zero-order valence-electron chi connectivity index (χ0n) is 16.8. The van der Waals surface area contributed by atoms with E-state index in [9.17, 15) is 18.4 Å². The number of aromatic nitrogens is 2. The predicted octanol–water partition coefficient (Wildman–Crippen LogP) is 4.68. The summed E-state index contributed by atoms with van der Waals surface area (Å²) < 4.78 is 31.6. The first-order chi connectivity index (χ1) is 15.5. The highest BCUT2D eigenvalue weighted by Gasteiger charge is 2.13. The molecule has 2 heterocycles. The molecule has 0 bridgehead atoms. The second kappa shape index (κ2) is 9.69. The quantitative estimate of drug-likeness (QED) is 0.419. The van der Waals surface area contributed by atoms with Crippen molar-refractivity contribution in [3.05, 3.63) is 87.8 Å². The van der Waals surface area contributed by atoms with E-state index in [1.54, 1.807) is 17.5 Å². The number of benzene rings is 2. The molecule has 0 aliphatic carbocycles. The maximum absolute atomic E-state index is 12.8. The number of alkyl halides is 2. The molecule has 0 saturated carbocycles. The minimum absolute atomic E-state index is 0.0561. The van der Waals surface area contributed by atoms with Gasteiger partial charge in [-0.05, 0) is 35.2 Å². The summed E-state index contributed by atoms with van der Waals surface area (Å²) in [5, 5.41) is 5.08. The minimum Gasteiger partial charge on any atom is -0.435 e. The lowest BCUT2D eigenvalue weighted by Gasteiger charge is -2.14. The van der Waals surface area contributed by atoms with Gasteiger partial charge in [-0.1, -0.05) is 30.3 Å². The third kappa shape index (κ3) is 5.17. The highest BCUT2D eigenvalue weighted by molar-refractivity contribution is 7.16. The summed E-state index contributed by atoms with van der Waals surface area (Å²) in [7, 11) is 0. The molecule has 4 rings (SSSR count). The molecule has 32 heavy (non-hydrogen) atoms. The first-order valence-electron chi connectivity index (χ1n) is 9.84. The number of nitrogens with zero attached hydrogens (tertiary/aromatic N) is 2. The van der Waals surface area contributed by atoms with Crippen LogP contribution >= 0.6 is 11.3 Å². The summed E-state index contributed by atoms with van der Waals surface area (Å²) in [5.41, 5.74) is 1.72. The Balaban J connectivity index is 1.46. The van der Waals surface area contributed by atoms with Crippen LogP contribution in [0.3, 0.4) is 0 Å². The Hall–Kier alpha value is -3.59. The number of ether oxygens (including phenoxy) is 1. The Bertz CT molecular complexity index is 1290. The molecule has 0 aliphatic rings. The summed E-state index contributed by atoms with van der Waals surface area (Å²) in [6.45, 7) is -2.77. The normalized spacial score (nSPS) is 11.1. The van der Waals surface area contributed by atoms with Crippen molar-refractivity contribution in [1.82, 2.24) is 9.55 Å². The van der Waals surface area contributed by atoms with Crippen molar-refractivity contribution in [2.75, 3.05) is 5.32 Å². The number of carbonyl (C=O) groups is 1. The van der Waals surface area contributed by atoms with Crippen LogP contribution in [0, 0.1) is 0 Å². The van der Waals surface area contributed by atoms with E-state index in [2.05, 4.69) is 15.0 Å². The molecule has 2 aromatic heterocycles. The molecule has 6 nitrogen and oxygen atoms in total. The van der Waals surface area contributed by atoms with Gasteiger partial charge in [-0.3, -0.25) is 14.2 Å². The molecular formula is C23H19F2N3O3S. The molecule has 0 unspecified atom stereocenters. The largest absolute Gasteiger partial charge is 0.435 e. The molecule has 9 heteroatoms. The van der Waals surface area contributed by atoms with Crippen LogP contribution in [-0.4, -0.2) is 22.1 Å². The average Bonchev–Trinajstić information content (AvgIpc) is 3.25. The van der Waals surface area contributed by atoms with Crippen molar-refractivity contribution in [1.29, 1.82) is 0 Å². The summed E-state index contributed by atoms with van der Waals surface area (Å²) in [6, 6.07) is 15.6. The molecule has 2 aromatic carbocycles. The van der Waals surface area contributed by atoms with Crippen LogP contribution in [0.1, 0.15) is 17.5 Å². The number of amides is 1. The molecule has 1 amide bonds. The molecule has 0 aliphatic heterocycles. The minimum atomic E-state index is -2.95. The highest BCUT2D eigenvalue weighted by atomic mass is 32.1. The summed E-state index contributed by atoms with van der Waals surface area (Å²) in [4.78, 5) is 29.8. The van der Waals surface area contributed by atoms with Gasteiger partial charge in [0.15, 0.2) is 0 Å². The van der Waals surface area contributed by atoms with E-state index in [1.807, 2.05) is 30.3 Å². The first kappa shape index (κ1) is 21.6. The van der Waals surface area contributed by atoms with Gasteiger partial charge in [0.05, 0.1) is 11.7 Å². The molecule has 0 saturated heterocycles. The van der Waals surface area contributed by atoms with Gasteiger partial charge in [0, 0.05) is 30.6 Å². The van der Waals surface area contributed by atoms with Crippen molar-refractivity contribution in [3.63, 3.8) is 0 Å². The fraction of sp³-hybridized carbons (Fsp3) is 0.174. The maximum atomic E-state index is 12.8. The number of fused-ring (bicyclic) bond motifs is 1. The molecule has 0 fully saturated rings. The van der Waals surface area contributed by atoms with Gasteiger partial charge in [0.2, 0.25) is 5.91 Å². The third-order valence-corrected chi connectivity index (χ3v) is 5.65. The zero-order chi connectivity index (χ0) is 22.5. The molecule has 4 aromatic rings. The van der Waals surface area contributed by atoms with E-state index in [1.165, 1.54) is 34.4 Å². The fourth-order valence-corrected chi connectivity index (χ4v) is 4.04. The Labute approximate surface area is 186 Å². The number of rotatable bonds is 8. The Morgan fingerprint density at radius 2 is 1.97 bits per heavy atom. The molecule has 0 spiro atoms. The van der Waals surface area contributed by atoms with Crippen molar-refractivity contribution in [3.8, 4) is 5.75 Å². The van der Waals surface area contributed by atoms with Crippen LogP contribution in [0.4, 0.5) is 14.5 Å². The second-order valence-corrected chi connectivity index (χ2v) is 7.94. The van der Waals surface area contributed by atoms with E-state index < -0.39 is 6.61 Å². The topological polar surface area (TPSA) is 73.2 Å². The smallest absolute Gasteiger partial charge is 0.387 e. The molecular weight excluding hydrogens is 436 g/mol. The average molecular weight is 455 g/mol. The van der Waals surface area contributed by atoms with E-state index in [-0.39, 0.29) is 30.2 Å². The Morgan fingerprint density at radius 1 is 1.16 bits per heavy atom. The highest BCUT2D eigenvalue weighted by Crippen LogP contribution is 2.27. The number of aryl methyl sites for hydroxylation is 1. The van der Waals surface area contributed by atoms with E-state index >= 15 is 0 Å². The predicted molar refractivity (Wildman–Crippen MR) is 119 cm³/mol. The number of carbonyl (C=O) groups excluding carboxylic acids is 1. The lowest BCUT2D eigenvalue weighted by atomic mass is 10.0. The van der Waals surface area contributed by atoms with Gasteiger partial charge in [0.1, 0.15) is 10.6 Å². The van der Waals surface area contributed by atoms with Gasteiger partial charge in [-0.2, -0.15) is 8.78 Å². The number of halogens is 2.